The Morgan fingerprint density at radius 2 is 1.76 bits per heavy atom. The molecular weight excluding hydrogens is 457 g/mol. The Labute approximate surface area is 194 Å². The molecule has 1 aromatic heterocycles. The summed E-state index contributed by atoms with van der Waals surface area (Å²) in [4.78, 5) is 16.8. The minimum atomic E-state index is -4.36. The Morgan fingerprint density at radius 3 is 2.45 bits per heavy atom. The lowest BCUT2D eigenvalue weighted by Gasteiger charge is -2.34. The molecule has 1 fully saturated rings. The van der Waals surface area contributed by atoms with Crippen LogP contribution in [0.3, 0.4) is 0 Å². The van der Waals surface area contributed by atoms with Gasteiger partial charge in [0.15, 0.2) is 6.73 Å². The van der Waals surface area contributed by atoms with Crippen LogP contribution in [0.25, 0.3) is 0 Å². The number of rotatable bonds is 6. The van der Waals surface area contributed by atoms with Crippen molar-refractivity contribution < 1.29 is 22.7 Å². The fourth-order valence-corrected chi connectivity index (χ4v) is 3.78. The predicted molar refractivity (Wildman–Crippen MR) is 117 cm³/mol. The molecule has 0 radical (unpaired) electrons. The number of benzene rings is 2. The summed E-state index contributed by atoms with van der Waals surface area (Å²) >= 11 is 5.87. The topological polar surface area (TPSA) is 50.6 Å². The number of nitrogens with zero attached hydrogens (tertiary/aromatic N) is 4. The zero-order valence-electron chi connectivity index (χ0n) is 17.6. The summed E-state index contributed by atoms with van der Waals surface area (Å²) in [6.07, 6.45) is -2.82. The van der Waals surface area contributed by atoms with Crippen molar-refractivity contribution in [2.45, 2.75) is 19.5 Å². The molecule has 0 aliphatic carbocycles. The number of alkyl halides is 3. The summed E-state index contributed by atoms with van der Waals surface area (Å²) in [5.74, 6) is 0.447. The summed E-state index contributed by atoms with van der Waals surface area (Å²) in [6, 6.07) is 13.9. The molecule has 2 heterocycles. The smallest absolute Gasteiger partial charge is 0.416 e. The zero-order valence-corrected chi connectivity index (χ0v) is 18.4. The highest BCUT2D eigenvalue weighted by molar-refractivity contribution is 6.30. The maximum absolute atomic E-state index is 13.0. The first-order valence-corrected chi connectivity index (χ1v) is 10.8. The number of halogens is 4. The molecule has 0 N–H and O–H groups in total. The largest absolute Gasteiger partial charge is 0.471 e. The van der Waals surface area contributed by atoms with Gasteiger partial charge in [-0.25, -0.2) is 4.68 Å². The summed E-state index contributed by atoms with van der Waals surface area (Å²) in [5.41, 5.74) is 0.361. The Morgan fingerprint density at radius 1 is 1.03 bits per heavy atom. The molecule has 0 spiro atoms. The minimum absolute atomic E-state index is 0.0746. The third kappa shape index (κ3) is 5.85. The van der Waals surface area contributed by atoms with Crippen molar-refractivity contribution in [3.05, 3.63) is 82.6 Å². The lowest BCUT2D eigenvalue weighted by Crippen LogP contribution is -2.48. The summed E-state index contributed by atoms with van der Waals surface area (Å²) in [6.45, 7) is 2.56. The standard InChI is InChI=1S/C23H22ClF3N4O2/c24-19-4-6-20(7-5-19)33-16-31-21(8-9-28-31)22(32)30-12-10-29(11-13-30)15-17-2-1-3-18(14-17)23(25,26)27/h1-9,14H,10-13,15-16H2. The van der Waals surface area contributed by atoms with E-state index in [0.717, 1.165) is 6.07 Å². The molecular formula is C23H22ClF3N4O2. The fourth-order valence-electron chi connectivity index (χ4n) is 3.66. The van der Waals surface area contributed by atoms with Gasteiger partial charge in [-0.05, 0) is 42.0 Å². The second-order valence-corrected chi connectivity index (χ2v) is 8.15. The SMILES string of the molecule is O=C(c1ccnn1COc1ccc(Cl)cc1)N1CCN(Cc2cccc(C(F)(F)F)c2)CC1. The number of amides is 1. The normalized spacial score (nSPS) is 15.0. The monoisotopic (exact) mass is 478 g/mol. The number of piperazine rings is 1. The van der Waals surface area contributed by atoms with E-state index in [1.165, 1.54) is 16.8 Å². The molecule has 0 atom stereocenters. The predicted octanol–water partition coefficient (Wildman–Crippen LogP) is 4.55. The van der Waals surface area contributed by atoms with E-state index in [9.17, 15) is 18.0 Å². The van der Waals surface area contributed by atoms with E-state index >= 15 is 0 Å². The van der Waals surface area contributed by atoms with Crippen LogP contribution in [-0.2, 0) is 19.5 Å². The second-order valence-electron chi connectivity index (χ2n) is 7.71. The van der Waals surface area contributed by atoms with Gasteiger partial charge >= 0.3 is 6.18 Å². The van der Waals surface area contributed by atoms with Gasteiger partial charge in [-0.15, -0.1) is 0 Å². The summed E-state index contributed by atoms with van der Waals surface area (Å²) in [7, 11) is 0. The Bertz CT molecular complexity index is 1090. The van der Waals surface area contributed by atoms with Crippen LogP contribution in [0, 0.1) is 0 Å². The van der Waals surface area contributed by atoms with Crippen LogP contribution in [-0.4, -0.2) is 51.7 Å². The number of hydrogen-bond acceptors (Lipinski definition) is 4. The van der Waals surface area contributed by atoms with E-state index in [4.69, 9.17) is 16.3 Å². The van der Waals surface area contributed by atoms with E-state index in [0.29, 0.717) is 54.8 Å². The zero-order chi connectivity index (χ0) is 23.4. The minimum Gasteiger partial charge on any atom is -0.471 e. The second kappa shape index (κ2) is 9.84. The molecule has 174 valence electrons. The maximum Gasteiger partial charge on any atom is 0.416 e. The quantitative estimate of drug-likeness (QED) is 0.521. The number of aromatic nitrogens is 2. The molecule has 0 bridgehead atoms. The molecule has 6 nitrogen and oxygen atoms in total. The van der Waals surface area contributed by atoms with Crippen LogP contribution in [0.2, 0.25) is 5.02 Å². The first-order chi connectivity index (χ1) is 15.8. The number of ether oxygens (including phenoxy) is 1. The molecule has 1 aliphatic heterocycles. The molecule has 4 rings (SSSR count). The molecule has 10 heteroatoms. The van der Waals surface area contributed by atoms with E-state index in [1.807, 2.05) is 4.90 Å². The van der Waals surface area contributed by atoms with Crippen molar-refractivity contribution in [3.63, 3.8) is 0 Å². The van der Waals surface area contributed by atoms with E-state index in [-0.39, 0.29) is 12.6 Å². The number of carbonyl (C=O) groups excluding carboxylic acids is 1. The van der Waals surface area contributed by atoms with Crippen LogP contribution in [0.1, 0.15) is 21.6 Å². The van der Waals surface area contributed by atoms with Gasteiger partial charge in [0.1, 0.15) is 11.4 Å². The van der Waals surface area contributed by atoms with E-state index in [2.05, 4.69) is 5.10 Å². The fraction of sp³-hybridized carbons (Fsp3) is 0.304. The highest BCUT2D eigenvalue weighted by Crippen LogP contribution is 2.29. The molecule has 1 aliphatic rings. The first kappa shape index (κ1) is 23.1. The van der Waals surface area contributed by atoms with Crippen LogP contribution in [0.15, 0.2) is 60.8 Å². The molecule has 0 saturated carbocycles. The van der Waals surface area contributed by atoms with Gasteiger partial charge in [-0.2, -0.15) is 18.3 Å². The highest BCUT2D eigenvalue weighted by atomic mass is 35.5. The molecule has 1 saturated heterocycles. The lowest BCUT2D eigenvalue weighted by molar-refractivity contribution is -0.137. The average Bonchev–Trinajstić information content (AvgIpc) is 3.27. The van der Waals surface area contributed by atoms with Gasteiger partial charge in [-0.3, -0.25) is 9.69 Å². The lowest BCUT2D eigenvalue weighted by atomic mass is 10.1. The number of hydrogen-bond donors (Lipinski definition) is 0. The van der Waals surface area contributed by atoms with Crippen molar-refractivity contribution >= 4 is 17.5 Å². The Hall–Kier alpha value is -3.04. The maximum atomic E-state index is 13.0. The Kier molecular flexibility index (Phi) is 6.90. The van der Waals surface area contributed by atoms with Crippen molar-refractivity contribution in [1.29, 1.82) is 0 Å². The summed E-state index contributed by atoms with van der Waals surface area (Å²) in [5, 5.41) is 4.78. The van der Waals surface area contributed by atoms with Gasteiger partial charge in [0.25, 0.3) is 5.91 Å². The van der Waals surface area contributed by atoms with Crippen LogP contribution in [0.5, 0.6) is 5.75 Å². The van der Waals surface area contributed by atoms with Crippen LogP contribution >= 0.6 is 11.6 Å². The molecule has 3 aromatic rings. The van der Waals surface area contributed by atoms with Crippen molar-refractivity contribution in [3.8, 4) is 5.75 Å². The Balaban J connectivity index is 1.32. The van der Waals surface area contributed by atoms with Crippen molar-refractivity contribution in [2.24, 2.45) is 0 Å². The van der Waals surface area contributed by atoms with Crippen molar-refractivity contribution in [1.82, 2.24) is 19.6 Å². The van der Waals surface area contributed by atoms with E-state index in [1.54, 1.807) is 47.5 Å². The van der Waals surface area contributed by atoms with Crippen LogP contribution in [0.4, 0.5) is 13.2 Å². The first-order valence-electron chi connectivity index (χ1n) is 10.4. The number of carbonyl (C=O) groups is 1. The highest BCUT2D eigenvalue weighted by Gasteiger charge is 2.31. The van der Waals surface area contributed by atoms with Gasteiger partial charge in [0.2, 0.25) is 0 Å². The van der Waals surface area contributed by atoms with Crippen LogP contribution < -0.4 is 4.74 Å². The molecule has 1 amide bonds. The molecule has 33 heavy (non-hydrogen) atoms. The van der Waals surface area contributed by atoms with Gasteiger partial charge in [0, 0.05) is 43.9 Å². The third-order valence-corrected chi connectivity index (χ3v) is 5.67. The van der Waals surface area contributed by atoms with Gasteiger partial charge < -0.3 is 9.64 Å². The van der Waals surface area contributed by atoms with Crippen molar-refractivity contribution in [2.75, 3.05) is 26.2 Å². The third-order valence-electron chi connectivity index (χ3n) is 5.42. The van der Waals surface area contributed by atoms with Gasteiger partial charge in [-0.1, -0.05) is 29.8 Å². The molecule has 2 aromatic carbocycles. The van der Waals surface area contributed by atoms with Gasteiger partial charge in [0.05, 0.1) is 5.56 Å². The van der Waals surface area contributed by atoms with E-state index < -0.39 is 11.7 Å². The average molecular weight is 479 g/mol. The molecule has 0 unspecified atom stereocenters. The summed E-state index contributed by atoms with van der Waals surface area (Å²) < 4.78 is 46.0.